The summed E-state index contributed by atoms with van der Waals surface area (Å²) in [4.78, 5) is 0. The molecular formula is C14H25N3O. The summed E-state index contributed by atoms with van der Waals surface area (Å²) in [6, 6.07) is 2.29. The minimum absolute atomic E-state index is 0.196. The van der Waals surface area contributed by atoms with Crippen LogP contribution in [0.25, 0.3) is 0 Å². The molecule has 1 aromatic rings. The average molecular weight is 251 g/mol. The summed E-state index contributed by atoms with van der Waals surface area (Å²) in [5.74, 6) is 0. The van der Waals surface area contributed by atoms with Crippen LogP contribution >= 0.6 is 0 Å². The van der Waals surface area contributed by atoms with Crippen molar-refractivity contribution in [2.24, 2.45) is 0 Å². The van der Waals surface area contributed by atoms with Crippen LogP contribution in [0.15, 0.2) is 6.07 Å². The number of hydrogen-bond donors (Lipinski definition) is 1. The molecule has 0 aromatic carbocycles. The second-order valence-corrected chi connectivity index (χ2v) is 4.92. The minimum Gasteiger partial charge on any atom is -0.377 e. The van der Waals surface area contributed by atoms with Gasteiger partial charge in [0.25, 0.3) is 0 Å². The second-order valence-electron chi connectivity index (χ2n) is 4.92. The van der Waals surface area contributed by atoms with Crippen molar-refractivity contribution in [1.82, 2.24) is 15.5 Å². The van der Waals surface area contributed by atoms with Crippen LogP contribution in [0.5, 0.6) is 0 Å². The van der Waals surface area contributed by atoms with Crippen LogP contribution in [0.3, 0.4) is 0 Å². The molecule has 0 saturated carbocycles. The Kier molecular flexibility index (Phi) is 6.22. The molecule has 4 heteroatoms. The number of rotatable bonds is 7. The van der Waals surface area contributed by atoms with Gasteiger partial charge < -0.3 is 10.1 Å². The van der Waals surface area contributed by atoms with Gasteiger partial charge in [-0.25, -0.2) is 0 Å². The Bertz CT molecular complexity index is 366. The Morgan fingerprint density at radius 1 is 1.28 bits per heavy atom. The van der Waals surface area contributed by atoms with Crippen molar-refractivity contribution in [3.8, 4) is 0 Å². The number of aromatic nitrogens is 2. The zero-order valence-corrected chi connectivity index (χ0v) is 12.2. The Labute approximate surface area is 110 Å². The number of nitrogens with one attached hydrogen (secondary N) is 1. The number of aryl methyl sites for hydroxylation is 2. The lowest BCUT2D eigenvalue weighted by Gasteiger charge is -2.21. The first-order valence-corrected chi connectivity index (χ1v) is 6.70. The molecule has 0 aliphatic heterocycles. The fourth-order valence-corrected chi connectivity index (χ4v) is 1.79. The van der Waals surface area contributed by atoms with Gasteiger partial charge in [0.2, 0.25) is 0 Å². The van der Waals surface area contributed by atoms with E-state index in [4.69, 9.17) is 4.74 Å². The van der Waals surface area contributed by atoms with Crippen LogP contribution in [0.2, 0.25) is 0 Å². The lowest BCUT2D eigenvalue weighted by atomic mass is 10.1. The van der Waals surface area contributed by atoms with E-state index in [0.717, 1.165) is 24.4 Å². The van der Waals surface area contributed by atoms with Crippen LogP contribution in [0, 0.1) is 13.8 Å². The summed E-state index contributed by atoms with van der Waals surface area (Å²) in [7, 11) is 0. The van der Waals surface area contributed by atoms with Gasteiger partial charge in [0.1, 0.15) is 0 Å². The largest absolute Gasteiger partial charge is 0.377 e. The Hall–Kier alpha value is -1.00. The normalized spacial score (nSPS) is 13.0. The zero-order valence-electron chi connectivity index (χ0n) is 12.2. The molecule has 0 bridgehead atoms. The van der Waals surface area contributed by atoms with Gasteiger partial charge in [-0.2, -0.15) is 10.2 Å². The molecule has 1 aromatic heterocycles. The Morgan fingerprint density at radius 2 is 2.00 bits per heavy atom. The van der Waals surface area contributed by atoms with E-state index in [2.05, 4.69) is 42.4 Å². The van der Waals surface area contributed by atoms with Gasteiger partial charge in [-0.15, -0.1) is 0 Å². The molecule has 1 N–H and O–H groups in total. The highest BCUT2D eigenvalue weighted by Crippen LogP contribution is 2.17. The van der Waals surface area contributed by atoms with Crippen LogP contribution < -0.4 is 5.32 Å². The molecule has 1 unspecified atom stereocenters. The van der Waals surface area contributed by atoms with E-state index >= 15 is 0 Å². The maximum atomic E-state index is 5.74. The van der Waals surface area contributed by atoms with Gasteiger partial charge in [0.05, 0.1) is 30.1 Å². The molecular weight excluding hydrogens is 226 g/mol. The molecule has 0 amide bonds. The van der Waals surface area contributed by atoms with Crippen molar-refractivity contribution in [3.63, 3.8) is 0 Å². The number of nitrogens with zero attached hydrogens (tertiary/aromatic N) is 2. The van der Waals surface area contributed by atoms with Crippen molar-refractivity contribution in [1.29, 1.82) is 0 Å². The third kappa shape index (κ3) is 4.70. The molecule has 0 aliphatic carbocycles. The highest BCUT2D eigenvalue weighted by Gasteiger charge is 2.15. The zero-order chi connectivity index (χ0) is 13.5. The second kappa shape index (κ2) is 7.44. The predicted octanol–water partition coefficient (Wildman–Crippen LogP) is 2.56. The summed E-state index contributed by atoms with van der Waals surface area (Å²) in [5, 5.41) is 11.8. The van der Waals surface area contributed by atoms with Crippen molar-refractivity contribution in [2.45, 2.75) is 53.2 Å². The Balaban J connectivity index is 2.82. The fraction of sp³-hybridized carbons (Fsp3) is 0.714. The molecule has 1 rings (SSSR count). The molecule has 1 atom stereocenters. The van der Waals surface area contributed by atoms with Gasteiger partial charge in [0.15, 0.2) is 0 Å². The highest BCUT2D eigenvalue weighted by atomic mass is 16.5. The molecule has 102 valence electrons. The number of ether oxygens (including phenoxy) is 1. The van der Waals surface area contributed by atoms with Crippen LogP contribution in [-0.4, -0.2) is 29.5 Å². The van der Waals surface area contributed by atoms with Crippen molar-refractivity contribution >= 4 is 0 Å². The monoisotopic (exact) mass is 251 g/mol. The van der Waals surface area contributed by atoms with E-state index in [1.165, 1.54) is 5.56 Å². The average Bonchev–Trinajstić information content (AvgIpc) is 2.32. The van der Waals surface area contributed by atoms with Crippen molar-refractivity contribution in [2.75, 3.05) is 13.2 Å². The summed E-state index contributed by atoms with van der Waals surface area (Å²) < 4.78 is 5.74. The Morgan fingerprint density at radius 3 is 2.61 bits per heavy atom. The van der Waals surface area contributed by atoms with E-state index in [1.807, 2.05) is 13.8 Å². The molecule has 0 spiro atoms. The maximum absolute atomic E-state index is 5.74. The topological polar surface area (TPSA) is 47.0 Å². The predicted molar refractivity (Wildman–Crippen MR) is 73.6 cm³/mol. The molecule has 0 saturated heterocycles. The molecule has 0 radical (unpaired) electrons. The summed E-state index contributed by atoms with van der Waals surface area (Å²) in [5.41, 5.74) is 3.11. The van der Waals surface area contributed by atoms with Gasteiger partial charge >= 0.3 is 0 Å². The van der Waals surface area contributed by atoms with Gasteiger partial charge in [-0.05, 0) is 52.3 Å². The number of hydrogen-bond acceptors (Lipinski definition) is 4. The van der Waals surface area contributed by atoms with E-state index in [-0.39, 0.29) is 12.1 Å². The minimum atomic E-state index is 0.196. The summed E-state index contributed by atoms with van der Waals surface area (Å²) >= 11 is 0. The van der Waals surface area contributed by atoms with Crippen LogP contribution in [0.1, 0.15) is 50.2 Å². The summed E-state index contributed by atoms with van der Waals surface area (Å²) in [6.07, 6.45) is 1.35. The van der Waals surface area contributed by atoms with Gasteiger partial charge in [-0.3, -0.25) is 0 Å². The van der Waals surface area contributed by atoms with Gasteiger partial charge in [0, 0.05) is 0 Å². The molecule has 0 fully saturated rings. The molecule has 0 aliphatic rings. The molecule has 18 heavy (non-hydrogen) atoms. The van der Waals surface area contributed by atoms with Crippen molar-refractivity contribution in [3.05, 3.63) is 23.0 Å². The van der Waals surface area contributed by atoms with E-state index in [0.29, 0.717) is 6.61 Å². The summed E-state index contributed by atoms with van der Waals surface area (Å²) in [6.45, 7) is 11.9. The quantitative estimate of drug-likeness (QED) is 0.809. The molecule has 4 nitrogen and oxygen atoms in total. The van der Waals surface area contributed by atoms with Crippen LogP contribution in [0.4, 0.5) is 0 Å². The smallest absolute Gasteiger partial charge is 0.0665 e. The van der Waals surface area contributed by atoms with Gasteiger partial charge in [-0.1, -0.05) is 6.92 Å². The first-order valence-electron chi connectivity index (χ1n) is 6.70. The third-order valence-electron chi connectivity index (χ3n) is 2.75. The lowest BCUT2D eigenvalue weighted by molar-refractivity contribution is 0.0609. The van der Waals surface area contributed by atoms with Crippen molar-refractivity contribution < 1.29 is 4.74 Å². The lowest BCUT2D eigenvalue weighted by Crippen LogP contribution is -2.28. The molecule has 1 heterocycles. The van der Waals surface area contributed by atoms with E-state index < -0.39 is 0 Å². The standard InChI is InChI=1S/C14H25N3O/c1-6-7-15-14(9-18-10(2)3)13-8-11(4)16-17-12(13)5/h8,10,14-15H,6-7,9H2,1-5H3. The first kappa shape index (κ1) is 15.1. The fourth-order valence-electron chi connectivity index (χ4n) is 1.79. The SMILES string of the molecule is CCCNC(COC(C)C)c1cc(C)nnc1C. The highest BCUT2D eigenvalue weighted by molar-refractivity contribution is 5.23. The maximum Gasteiger partial charge on any atom is 0.0665 e. The van der Waals surface area contributed by atoms with E-state index in [9.17, 15) is 0 Å². The van der Waals surface area contributed by atoms with Crippen LogP contribution in [-0.2, 0) is 4.74 Å². The first-order chi connectivity index (χ1) is 8.54. The third-order valence-corrected chi connectivity index (χ3v) is 2.75. The van der Waals surface area contributed by atoms with E-state index in [1.54, 1.807) is 0 Å².